The normalized spacial score (nSPS) is 9.23. The summed E-state index contributed by atoms with van der Waals surface area (Å²) in [6.45, 7) is -0.0986. The molecule has 0 unspecified atom stereocenters. The van der Waals surface area contributed by atoms with Crippen LogP contribution in [0, 0.1) is 16.5 Å². The Balaban J connectivity index is 2.69. The number of hydrogen-bond donors (Lipinski definition) is 1. The number of hydrogen-bond acceptors (Lipinski definition) is 4. The largest absolute Gasteiger partial charge is 0.444 e. The molecule has 0 aliphatic rings. The molecule has 0 saturated carbocycles. The summed E-state index contributed by atoms with van der Waals surface area (Å²) in [5, 5.41) is 7.82. The van der Waals surface area contributed by atoms with E-state index in [9.17, 15) is 9.18 Å². The van der Waals surface area contributed by atoms with E-state index < -0.39 is 11.2 Å². The van der Waals surface area contributed by atoms with Crippen LogP contribution in [0.25, 0.3) is 0 Å². The van der Waals surface area contributed by atoms with Gasteiger partial charge in [-0.2, -0.15) is 9.65 Å². The molecule has 1 rings (SSSR count). The Morgan fingerprint density at radius 1 is 1.85 bits per heavy atom. The van der Waals surface area contributed by atoms with Crippen LogP contribution in [0.5, 0.6) is 0 Å². The van der Waals surface area contributed by atoms with Crippen LogP contribution in [-0.4, -0.2) is 6.09 Å². The van der Waals surface area contributed by atoms with Gasteiger partial charge in [0, 0.05) is 4.88 Å². The van der Waals surface area contributed by atoms with E-state index in [1.807, 2.05) is 0 Å². The van der Waals surface area contributed by atoms with Gasteiger partial charge in [-0.15, -0.1) is 11.3 Å². The molecule has 0 spiro atoms. The van der Waals surface area contributed by atoms with Gasteiger partial charge >= 0.3 is 6.09 Å². The lowest BCUT2D eigenvalue weighted by molar-refractivity contribution is 0.151. The Hall–Kier alpha value is -1.61. The maximum atomic E-state index is 12.8. The lowest BCUT2D eigenvalue weighted by Crippen LogP contribution is -2.12. The molecule has 4 nitrogen and oxygen atoms in total. The third kappa shape index (κ3) is 2.42. The molecule has 0 atom stereocenters. The van der Waals surface area contributed by atoms with E-state index in [1.54, 1.807) is 6.07 Å². The molecule has 1 aromatic rings. The molecule has 0 aliphatic carbocycles. The molecule has 1 heterocycles. The summed E-state index contributed by atoms with van der Waals surface area (Å²) in [6.07, 6.45) is -0.924. The molecule has 1 amide bonds. The molecule has 0 radical (unpaired) electrons. The minimum Gasteiger partial charge on any atom is -0.444 e. The van der Waals surface area contributed by atoms with Crippen LogP contribution < -0.4 is 5.73 Å². The van der Waals surface area contributed by atoms with Crippen LogP contribution in [-0.2, 0) is 11.3 Å². The Kier molecular flexibility index (Phi) is 2.82. The highest BCUT2D eigenvalue weighted by molar-refractivity contribution is 7.10. The van der Waals surface area contributed by atoms with Crippen LogP contribution in [0.1, 0.15) is 10.4 Å². The van der Waals surface area contributed by atoms with Crippen molar-refractivity contribution in [3.63, 3.8) is 0 Å². The zero-order valence-electron chi connectivity index (χ0n) is 6.41. The molecular formula is C7H5FN2O2S. The number of ether oxygens (including phenoxy) is 1. The molecule has 0 aromatic carbocycles. The topological polar surface area (TPSA) is 76.1 Å². The predicted molar refractivity (Wildman–Crippen MR) is 43.4 cm³/mol. The molecule has 13 heavy (non-hydrogen) atoms. The lowest BCUT2D eigenvalue weighted by Gasteiger charge is -1.95. The highest BCUT2D eigenvalue weighted by Crippen LogP contribution is 2.20. The van der Waals surface area contributed by atoms with E-state index in [4.69, 9.17) is 11.0 Å². The highest BCUT2D eigenvalue weighted by atomic mass is 32.1. The number of primary amides is 1. The van der Waals surface area contributed by atoms with Crippen molar-refractivity contribution in [3.8, 4) is 6.07 Å². The summed E-state index contributed by atoms with van der Waals surface area (Å²) in [4.78, 5) is 10.6. The van der Waals surface area contributed by atoms with Crippen molar-refractivity contribution in [3.05, 3.63) is 21.6 Å². The fourth-order valence-corrected chi connectivity index (χ4v) is 1.45. The van der Waals surface area contributed by atoms with Crippen molar-refractivity contribution in [2.75, 3.05) is 0 Å². The summed E-state index contributed by atoms with van der Waals surface area (Å²) in [7, 11) is 0. The standard InChI is InChI=1S/C7H5FN2O2S/c8-6-4(2-9)1-5(13-6)3-12-7(10)11/h1H,3H2,(H2,10,11). The van der Waals surface area contributed by atoms with Crippen molar-refractivity contribution in [2.45, 2.75) is 6.61 Å². The second kappa shape index (κ2) is 3.87. The number of carbonyl (C=O) groups is 1. The summed E-state index contributed by atoms with van der Waals surface area (Å²) >= 11 is 0.759. The number of thiophene rings is 1. The van der Waals surface area contributed by atoms with Gasteiger partial charge in [0.1, 0.15) is 12.7 Å². The van der Waals surface area contributed by atoms with Crippen LogP contribution in [0.3, 0.4) is 0 Å². The van der Waals surface area contributed by atoms with Gasteiger partial charge in [0.05, 0.1) is 5.56 Å². The van der Waals surface area contributed by atoms with Crippen LogP contribution in [0.15, 0.2) is 6.07 Å². The number of nitrogens with two attached hydrogens (primary N) is 1. The summed E-state index contributed by atoms with van der Waals surface area (Å²) in [5.41, 5.74) is 4.65. The first kappa shape index (κ1) is 9.48. The monoisotopic (exact) mass is 200 g/mol. The zero-order valence-corrected chi connectivity index (χ0v) is 7.23. The van der Waals surface area contributed by atoms with Crippen LogP contribution >= 0.6 is 11.3 Å². The van der Waals surface area contributed by atoms with Gasteiger partial charge in [-0.3, -0.25) is 0 Å². The Bertz CT molecular complexity index is 369. The Labute approximate surface area is 77.3 Å². The summed E-state index contributed by atoms with van der Waals surface area (Å²) in [5.74, 6) is 0. The average molecular weight is 200 g/mol. The van der Waals surface area contributed by atoms with Gasteiger partial charge in [0.25, 0.3) is 0 Å². The zero-order chi connectivity index (χ0) is 9.84. The smallest absolute Gasteiger partial charge is 0.404 e. The Morgan fingerprint density at radius 3 is 3.00 bits per heavy atom. The van der Waals surface area contributed by atoms with E-state index in [0.717, 1.165) is 11.3 Å². The second-order valence-corrected chi connectivity index (χ2v) is 3.21. The third-order valence-corrected chi connectivity index (χ3v) is 2.11. The fourth-order valence-electron chi connectivity index (χ4n) is 0.707. The van der Waals surface area contributed by atoms with Gasteiger partial charge in [0.15, 0.2) is 5.13 Å². The van der Waals surface area contributed by atoms with E-state index in [0.29, 0.717) is 4.88 Å². The van der Waals surface area contributed by atoms with Crippen molar-refractivity contribution in [2.24, 2.45) is 5.73 Å². The van der Waals surface area contributed by atoms with E-state index in [-0.39, 0.29) is 12.2 Å². The molecule has 0 fully saturated rings. The molecule has 0 saturated heterocycles. The van der Waals surface area contributed by atoms with Gasteiger partial charge in [-0.1, -0.05) is 0 Å². The van der Waals surface area contributed by atoms with E-state index >= 15 is 0 Å². The van der Waals surface area contributed by atoms with Gasteiger partial charge in [0.2, 0.25) is 0 Å². The van der Waals surface area contributed by atoms with Crippen LogP contribution in [0.2, 0.25) is 0 Å². The number of amides is 1. The number of nitriles is 1. The van der Waals surface area contributed by atoms with Crippen molar-refractivity contribution in [1.82, 2.24) is 0 Å². The first-order valence-corrected chi connectivity index (χ1v) is 4.05. The molecular weight excluding hydrogens is 195 g/mol. The van der Waals surface area contributed by atoms with Gasteiger partial charge in [-0.25, -0.2) is 4.79 Å². The first-order valence-electron chi connectivity index (χ1n) is 3.24. The van der Waals surface area contributed by atoms with Crippen molar-refractivity contribution >= 4 is 17.4 Å². The Morgan fingerprint density at radius 2 is 2.54 bits per heavy atom. The van der Waals surface area contributed by atoms with Gasteiger partial charge < -0.3 is 10.5 Å². The molecule has 0 bridgehead atoms. The first-order chi connectivity index (χ1) is 6.13. The van der Waals surface area contributed by atoms with Gasteiger partial charge in [-0.05, 0) is 6.07 Å². The second-order valence-electron chi connectivity index (χ2n) is 2.12. The molecule has 1 aromatic heterocycles. The van der Waals surface area contributed by atoms with E-state index in [2.05, 4.69) is 4.74 Å². The molecule has 0 aliphatic heterocycles. The minimum atomic E-state index is -0.924. The SMILES string of the molecule is N#Cc1cc(COC(N)=O)sc1F. The lowest BCUT2D eigenvalue weighted by atomic mass is 10.3. The van der Waals surface area contributed by atoms with Crippen molar-refractivity contribution < 1.29 is 13.9 Å². The maximum absolute atomic E-state index is 12.8. The number of nitrogens with zero attached hydrogens (tertiary/aromatic N) is 1. The molecule has 2 N–H and O–H groups in total. The summed E-state index contributed by atoms with van der Waals surface area (Å²) < 4.78 is 17.2. The van der Waals surface area contributed by atoms with E-state index in [1.165, 1.54) is 6.07 Å². The quantitative estimate of drug-likeness (QED) is 0.782. The molecule has 68 valence electrons. The fraction of sp³-hybridized carbons (Fsp3) is 0.143. The summed E-state index contributed by atoms with van der Waals surface area (Å²) in [6, 6.07) is 2.99. The van der Waals surface area contributed by atoms with Crippen molar-refractivity contribution in [1.29, 1.82) is 5.26 Å². The molecule has 6 heteroatoms. The van der Waals surface area contributed by atoms with Crippen LogP contribution in [0.4, 0.5) is 9.18 Å². The third-order valence-electron chi connectivity index (χ3n) is 1.21. The maximum Gasteiger partial charge on any atom is 0.404 e. The number of rotatable bonds is 2. The number of halogens is 1. The predicted octanol–water partition coefficient (Wildman–Crippen LogP) is 1.35. The minimum absolute atomic E-state index is 0.0481. The average Bonchev–Trinajstić information content (AvgIpc) is 2.43. The number of carbonyl (C=O) groups excluding carboxylic acids is 1. The highest BCUT2D eigenvalue weighted by Gasteiger charge is 2.08.